The van der Waals surface area contributed by atoms with Gasteiger partial charge in [0.05, 0.1) is 16.4 Å². The minimum atomic E-state index is -0.299. The van der Waals surface area contributed by atoms with Crippen LogP contribution in [0.3, 0.4) is 0 Å². The predicted molar refractivity (Wildman–Crippen MR) is 82.5 cm³/mol. The maximum atomic E-state index is 13.8. The van der Waals surface area contributed by atoms with Gasteiger partial charge in [-0.05, 0) is 30.9 Å². The molecule has 1 aliphatic carbocycles. The van der Waals surface area contributed by atoms with Crippen molar-refractivity contribution in [2.24, 2.45) is 5.92 Å². The summed E-state index contributed by atoms with van der Waals surface area (Å²) in [7, 11) is 0. The summed E-state index contributed by atoms with van der Waals surface area (Å²) >= 11 is 6.30. The van der Waals surface area contributed by atoms with Gasteiger partial charge in [-0.1, -0.05) is 35.9 Å². The second kappa shape index (κ2) is 5.33. The summed E-state index contributed by atoms with van der Waals surface area (Å²) in [4.78, 5) is 0. The molecule has 2 aromatic rings. The van der Waals surface area contributed by atoms with Crippen LogP contribution >= 0.6 is 11.6 Å². The monoisotopic (exact) mass is 290 g/mol. The Kier molecular flexibility index (Phi) is 3.53. The molecule has 0 radical (unpaired) electrons. The third-order valence-electron chi connectivity index (χ3n) is 3.62. The zero-order chi connectivity index (χ0) is 14.1. The van der Waals surface area contributed by atoms with Gasteiger partial charge in [0.15, 0.2) is 0 Å². The summed E-state index contributed by atoms with van der Waals surface area (Å²) in [6.07, 6.45) is 2.54. The first-order valence-electron chi connectivity index (χ1n) is 6.73. The van der Waals surface area contributed by atoms with Crippen molar-refractivity contribution in [2.45, 2.75) is 12.8 Å². The molecular formula is C16H16ClFN2. The van der Waals surface area contributed by atoms with E-state index in [0.29, 0.717) is 21.8 Å². The molecular weight excluding hydrogens is 275 g/mol. The smallest absolute Gasteiger partial charge is 0.131 e. The van der Waals surface area contributed by atoms with Crippen LogP contribution in [0.2, 0.25) is 5.02 Å². The lowest BCUT2D eigenvalue weighted by molar-refractivity contribution is 0.631. The summed E-state index contributed by atoms with van der Waals surface area (Å²) < 4.78 is 13.8. The summed E-state index contributed by atoms with van der Waals surface area (Å²) in [5.41, 5.74) is 8.46. The van der Waals surface area contributed by atoms with Crippen LogP contribution < -0.4 is 11.1 Å². The van der Waals surface area contributed by atoms with Gasteiger partial charge in [0.25, 0.3) is 0 Å². The molecule has 3 N–H and O–H groups in total. The fourth-order valence-corrected chi connectivity index (χ4v) is 2.48. The highest BCUT2D eigenvalue weighted by Gasteiger charge is 2.21. The number of hydrogen-bond acceptors (Lipinski definition) is 2. The van der Waals surface area contributed by atoms with Gasteiger partial charge in [0.1, 0.15) is 5.82 Å². The first-order valence-corrected chi connectivity index (χ1v) is 7.11. The molecule has 1 aliphatic rings. The van der Waals surface area contributed by atoms with Crippen molar-refractivity contribution >= 4 is 23.0 Å². The Labute approximate surface area is 122 Å². The molecule has 0 bridgehead atoms. The molecule has 0 saturated heterocycles. The number of hydrogen-bond donors (Lipinski definition) is 2. The van der Waals surface area contributed by atoms with Crippen LogP contribution in [0.25, 0.3) is 11.1 Å². The number of nitrogen functional groups attached to an aromatic ring is 1. The van der Waals surface area contributed by atoms with E-state index in [4.69, 9.17) is 17.3 Å². The number of benzene rings is 2. The van der Waals surface area contributed by atoms with Gasteiger partial charge in [0.2, 0.25) is 0 Å². The van der Waals surface area contributed by atoms with Crippen LogP contribution in [-0.4, -0.2) is 6.54 Å². The van der Waals surface area contributed by atoms with Crippen molar-refractivity contribution in [2.75, 3.05) is 17.6 Å². The van der Waals surface area contributed by atoms with E-state index in [1.165, 1.54) is 18.9 Å². The number of nitrogens with two attached hydrogens (primary N) is 1. The molecule has 2 nitrogen and oxygen atoms in total. The standard InChI is InChI=1S/C16H16ClFN2/c17-15-12(11-3-1-2-4-13(11)18)7-8-14(16(15)19)20-9-10-5-6-10/h1-4,7-8,10,20H,5-6,9,19H2. The SMILES string of the molecule is Nc1c(NCC2CC2)ccc(-c2ccccc2F)c1Cl. The van der Waals surface area contributed by atoms with Crippen molar-refractivity contribution in [3.05, 3.63) is 47.2 Å². The van der Waals surface area contributed by atoms with Crippen molar-refractivity contribution in [3.63, 3.8) is 0 Å². The molecule has 1 fully saturated rings. The van der Waals surface area contributed by atoms with Crippen molar-refractivity contribution < 1.29 is 4.39 Å². The molecule has 0 amide bonds. The minimum Gasteiger partial charge on any atom is -0.396 e. The third kappa shape index (κ3) is 2.59. The van der Waals surface area contributed by atoms with E-state index < -0.39 is 0 Å². The number of nitrogens with one attached hydrogen (secondary N) is 1. The first kappa shape index (κ1) is 13.3. The highest BCUT2D eigenvalue weighted by atomic mass is 35.5. The van der Waals surface area contributed by atoms with Crippen LogP contribution in [0.4, 0.5) is 15.8 Å². The maximum absolute atomic E-state index is 13.8. The van der Waals surface area contributed by atoms with Gasteiger partial charge >= 0.3 is 0 Å². The molecule has 3 rings (SSSR count). The van der Waals surface area contributed by atoms with Gasteiger partial charge in [-0.25, -0.2) is 4.39 Å². The van der Waals surface area contributed by atoms with E-state index in [1.54, 1.807) is 18.2 Å². The maximum Gasteiger partial charge on any atom is 0.131 e. The van der Waals surface area contributed by atoms with Crippen molar-refractivity contribution in [1.82, 2.24) is 0 Å². The summed E-state index contributed by atoms with van der Waals surface area (Å²) in [6, 6.07) is 10.2. The van der Waals surface area contributed by atoms with Gasteiger partial charge in [-0.3, -0.25) is 0 Å². The first-order chi connectivity index (χ1) is 9.66. The van der Waals surface area contributed by atoms with Gasteiger partial charge < -0.3 is 11.1 Å². The zero-order valence-electron chi connectivity index (χ0n) is 11.0. The zero-order valence-corrected chi connectivity index (χ0v) is 11.8. The number of rotatable bonds is 4. The van der Waals surface area contributed by atoms with E-state index >= 15 is 0 Å². The molecule has 0 aliphatic heterocycles. The Bertz CT molecular complexity index is 638. The Morgan fingerprint density at radius 2 is 1.90 bits per heavy atom. The second-order valence-electron chi connectivity index (χ2n) is 5.19. The third-order valence-corrected chi connectivity index (χ3v) is 4.03. The number of halogens is 2. The van der Waals surface area contributed by atoms with E-state index in [0.717, 1.165) is 18.2 Å². The van der Waals surface area contributed by atoms with Crippen molar-refractivity contribution in [3.8, 4) is 11.1 Å². The van der Waals surface area contributed by atoms with Crippen LogP contribution in [0.1, 0.15) is 12.8 Å². The average molecular weight is 291 g/mol. The van der Waals surface area contributed by atoms with E-state index in [1.807, 2.05) is 12.1 Å². The molecule has 2 aromatic carbocycles. The summed E-state index contributed by atoms with van der Waals surface area (Å²) in [5, 5.41) is 3.70. The van der Waals surface area contributed by atoms with Crippen LogP contribution in [0.5, 0.6) is 0 Å². The Balaban J connectivity index is 1.93. The minimum absolute atomic E-state index is 0.299. The van der Waals surface area contributed by atoms with Crippen LogP contribution in [0, 0.1) is 11.7 Å². The van der Waals surface area contributed by atoms with Gasteiger partial charge in [0, 0.05) is 17.7 Å². The molecule has 20 heavy (non-hydrogen) atoms. The Hall–Kier alpha value is -1.74. The van der Waals surface area contributed by atoms with E-state index in [-0.39, 0.29) is 5.82 Å². The fraction of sp³-hybridized carbons (Fsp3) is 0.250. The number of anilines is 2. The van der Waals surface area contributed by atoms with Gasteiger partial charge in [-0.15, -0.1) is 0 Å². The molecule has 4 heteroatoms. The van der Waals surface area contributed by atoms with E-state index in [2.05, 4.69) is 5.32 Å². The molecule has 0 unspecified atom stereocenters. The average Bonchev–Trinajstić information content (AvgIpc) is 3.26. The quantitative estimate of drug-likeness (QED) is 0.811. The molecule has 0 atom stereocenters. The normalized spacial score (nSPS) is 14.3. The molecule has 0 heterocycles. The lowest BCUT2D eigenvalue weighted by Gasteiger charge is -2.14. The highest BCUT2D eigenvalue weighted by molar-refractivity contribution is 6.36. The molecule has 1 saturated carbocycles. The lowest BCUT2D eigenvalue weighted by Crippen LogP contribution is -2.06. The Morgan fingerprint density at radius 1 is 1.15 bits per heavy atom. The van der Waals surface area contributed by atoms with Crippen LogP contribution in [0.15, 0.2) is 36.4 Å². The van der Waals surface area contributed by atoms with Gasteiger partial charge in [-0.2, -0.15) is 0 Å². The second-order valence-corrected chi connectivity index (χ2v) is 5.57. The predicted octanol–water partition coefficient (Wildman–Crippen LogP) is 4.55. The highest BCUT2D eigenvalue weighted by Crippen LogP contribution is 2.38. The topological polar surface area (TPSA) is 38.0 Å². The molecule has 0 spiro atoms. The summed E-state index contributed by atoms with van der Waals surface area (Å²) in [6.45, 7) is 0.916. The van der Waals surface area contributed by atoms with Crippen LogP contribution in [-0.2, 0) is 0 Å². The lowest BCUT2D eigenvalue weighted by atomic mass is 10.0. The largest absolute Gasteiger partial charge is 0.396 e. The van der Waals surface area contributed by atoms with E-state index in [9.17, 15) is 4.39 Å². The Morgan fingerprint density at radius 3 is 2.60 bits per heavy atom. The van der Waals surface area contributed by atoms with Crippen molar-refractivity contribution in [1.29, 1.82) is 0 Å². The summed E-state index contributed by atoms with van der Waals surface area (Å²) in [5.74, 6) is 0.451. The molecule has 104 valence electrons. The fourth-order valence-electron chi connectivity index (χ4n) is 2.21. The molecule has 0 aromatic heterocycles.